The van der Waals surface area contributed by atoms with Crippen molar-refractivity contribution in [2.75, 3.05) is 5.32 Å². The number of carbonyl (C=O) groups excluding carboxylic acids is 1. The van der Waals surface area contributed by atoms with Crippen LogP contribution < -0.4 is 11.1 Å². The van der Waals surface area contributed by atoms with Gasteiger partial charge in [-0.05, 0) is 30.7 Å². The van der Waals surface area contributed by atoms with Crippen molar-refractivity contribution < 1.29 is 4.79 Å². The van der Waals surface area contributed by atoms with E-state index < -0.39 is 5.91 Å². The third-order valence-electron chi connectivity index (χ3n) is 4.27. The van der Waals surface area contributed by atoms with E-state index in [1.165, 1.54) is 5.56 Å². The van der Waals surface area contributed by atoms with E-state index in [0.29, 0.717) is 11.1 Å². The molecule has 0 fully saturated rings. The molecule has 5 nitrogen and oxygen atoms in total. The van der Waals surface area contributed by atoms with E-state index in [0.717, 1.165) is 23.4 Å². The SMILES string of the molecule is CC1(c2nc3c(C(N)=O)cccc3[nH]2)Cc2ccccc2N1. The summed E-state index contributed by atoms with van der Waals surface area (Å²) in [7, 11) is 0. The van der Waals surface area contributed by atoms with Crippen LogP contribution in [0, 0.1) is 0 Å². The number of aromatic nitrogens is 2. The van der Waals surface area contributed by atoms with Crippen molar-refractivity contribution in [1.29, 1.82) is 0 Å². The van der Waals surface area contributed by atoms with Crippen LogP contribution in [0.2, 0.25) is 0 Å². The summed E-state index contributed by atoms with van der Waals surface area (Å²) in [5, 5.41) is 3.53. The Kier molecular flexibility index (Phi) is 2.54. The molecule has 1 amide bonds. The van der Waals surface area contributed by atoms with E-state index >= 15 is 0 Å². The first-order chi connectivity index (χ1) is 10.6. The fourth-order valence-corrected chi connectivity index (χ4v) is 3.15. The fraction of sp³-hybridized carbons (Fsp3) is 0.176. The smallest absolute Gasteiger partial charge is 0.250 e. The topological polar surface area (TPSA) is 83.8 Å². The minimum Gasteiger partial charge on any atom is -0.372 e. The van der Waals surface area contributed by atoms with Gasteiger partial charge in [-0.2, -0.15) is 0 Å². The highest BCUT2D eigenvalue weighted by Gasteiger charge is 2.36. The molecule has 1 unspecified atom stereocenters. The van der Waals surface area contributed by atoms with Crippen LogP contribution >= 0.6 is 0 Å². The summed E-state index contributed by atoms with van der Waals surface area (Å²) in [6, 6.07) is 13.7. The number of hydrogen-bond acceptors (Lipinski definition) is 3. The first kappa shape index (κ1) is 12.9. The zero-order chi connectivity index (χ0) is 15.3. The molecule has 0 aliphatic carbocycles. The largest absolute Gasteiger partial charge is 0.372 e. The maximum absolute atomic E-state index is 11.6. The molecule has 2 aromatic carbocycles. The molecular weight excluding hydrogens is 276 g/mol. The van der Waals surface area contributed by atoms with E-state index in [1.807, 2.05) is 24.3 Å². The number of H-pyrrole nitrogens is 1. The number of nitrogens with two attached hydrogens (primary N) is 1. The van der Waals surface area contributed by atoms with Crippen molar-refractivity contribution >= 4 is 22.6 Å². The first-order valence-electron chi connectivity index (χ1n) is 7.22. The van der Waals surface area contributed by atoms with Gasteiger partial charge < -0.3 is 16.0 Å². The number of anilines is 1. The number of nitrogens with one attached hydrogen (secondary N) is 2. The molecule has 3 aromatic rings. The Labute approximate surface area is 127 Å². The van der Waals surface area contributed by atoms with Crippen LogP contribution in [0.1, 0.15) is 28.7 Å². The summed E-state index contributed by atoms with van der Waals surface area (Å²) in [4.78, 5) is 19.5. The number of carbonyl (C=O) groups is 1. The van der Waals surface area contributed by atoms with E-state index in [2.05, 4.69) is 34.3 Å². The second kappa shape index (κ2) is 4.34. The Balaban J connectivity index is 1.83. The van der Waals surface area contributed by atoms with Gasteiger partial charge in [0.2, 0.25) is 0 Å². The van der Waals surface area contributed by atoms with Gasteiger partial charge >= 0.3 is 0 Å². The number of amides is 1. The molecule has 1 aromatic heterocycles. The number of para-hydroxylation sites is 2. The van der Waals surface area contributed by atoms with Crippen LogP contribution in [-0.2, 0) is 12.0 Å². The molecule has 4 rings (SSSR count). The summed E-state index contributed by atoms with van der Waals surface area (Å²) in [5.74, 6) is 0.351. The number of benzene rings is 2. The van der Waals surface area contributed by atoms with Crippen LogP contribution in [0.4, 0.5) is 5.69 Å². The fourth-order valence-electron chi connectivity index (χ4n) is 3.15. The Morgan fingerprint density at radius 3 is 2.82 bits per heavy atom. The highest BCUT2D eigenvalue weighted by molar-refractivity contribution is 6.04. The van der Waals surface area contributed by atoms with Gasteiger partial charge in [0.25, 0.3) is 5.91 Å². The van der Waals surface area contributed by atoms with Gasteiger partial charge in [-0.25, -0.2) is 4.98 Å². The molecule has 1 aliphatic rings. The van der Waals surface area contributed by atoms with E-state index in [-0.39, 0.29) is 5.54 Å². The standard InChI is InChI=1S/C17H16N4O/c1-17(9-10-5-2-3-7-12(10)21-17)16-19-13-8-4-6-11(15(18)22)14(13)20-16/h2-8,21H,9H2,1H3,(H2,18,22)(H,19,20). The van der Waals surface area contributed by atoms with E-state index in [1.54, 1.807) is 6.07 Å². The second-order valence-electron chi connectivity index (χ2n) is 5.94. The minimum atomic E-state index is -0.462. The third kappa shape index (κ3) is 1.79. The van der Waals surface area contributed by atoms with Crippen LogP contribution in [0.25, 0.3) is 11.0 Å². The van der Waals surface area contributed by atoms with Crippen molar-refractivity contribution in [3.63, 3.8) is 0 Å². The Morgan fingerprint density at radius 2 is 2.05 bits per heavy atom. The number of rotatable bonds is 2. The molecule has 110 valence electrons. The molecule has 1 atom stereocenters. The summed E-state index contributed by atoms with van der Waals surface area (Å²) >= 11 is 0. The summed E-state index contributed by atoms with van der Waals surface area (Å²) in [5.41, 5.74) is 9.40. The lowest BCUT2D eigenvalue weighted by molar-refractivity contribution is 0.100. The molecule has 1 aliphatic heterocycles. The van der Waals surface area contributed by atoms with Crippen LogP contribution in [0.3, 0.4) is 0 Å². The lowest BCUT2D eigenvalue weighted by atomic mass is 9.97. The van der Waals surface area contributed by atoms with Gasteiger partial charge in [0.1, 0.15) is 11.3 Å². The van der Waals surface area contributed by atoms with Gasteiger partial charge in [0, 0.05) is 12.1 Å². The molecule has 2 heterocycles. The molecule has 0 radical (unpaired) electrons. The average Bonchev–Trinajstić information content (AvgIpc) is 3.07. The van der Waals surface area contributed by atoms with Crippen LogP contribution in [0.5, 0.6) is 0 Å². The molecule has 0 saturated heterocycles. The molecule has 5 heteroatoms. The lowest BCUT2D eigenvalue weighted by Crippen LogP contribution is -2.30. The number of nitrogens with zero attached hydrogens (tertiary/aromatic N) is 1. The van der Waals surface area contributed by atoms with E-state index in [9.17, 15) is 4.79 Å². The minimum absolute atomic E-state index is 0.322. The van der Waals surface area contributed by atoms with Gasteiger partial charge in [0.05, 0.1) is 16.6 Å². The highest BCUT2D eigenvalue weighted by Crippen LogP contribution is 2.38. The second-order valence-corrected chi connectivity index (χ2v) is 5.94. The van der Waals surface area contributed by atoms with Gasteiger partial charge in [-0.3, -0.25) is 4.79 Å². The third-order valence-corrected chi connectivity index (χ3v) is 4.27. The molecule has 0 saturated carbocycles. The van der Waals surface area contributed by atoms with Gasteiger partial charge in [0.15, 0.2) is 0 Å². The predicted molar refractivity (Wildman–Crippen MR) is 85.7 cm³/mol. The number of hydrogen-bond donors (Lipinski definition) is 3. The molecule has 0 bridgehead atoms. The Morgan fingerprint density at radius 1 is 1.23 bits per heavy atom. The number of imidazole rings is 1. The first-order valence-corrected chi connectivity index (χ1v) is 7.22. The van der Waals surface area contributed by atoms with Crippen molar-refractivity contribution in [2.24, 2.45) is 5.73 Å². The summed E-state index contributed by atoms with van der Waals surface area (Å²) in [6.45, 7) is 2.11. The van der Waals surface area contributed by atoms with Crippen molar-refractivity contribution in [1.82, 2.24) is 9.97 Å². The quantitative estimate of drug-likeness (QED) is 0.678. The maximum Gasteiger partial charge on any atom is 0.250 e. The Hall–Kier alpha value is -2.82. The zero-order valence-electron chi connectivity index (χ0n) is 12.2. The number of primary amides is 1. The van der Waals surface area contributed by atoms with Crippen molar-refractivity contribution in [3.8, 4) is 0 Å². The molecule has 22 heavy (non-hydrogen) atoms. The molecular formula is C17H16N4O. The number of fused-ring (bicyclic) bond motifs is 2. The maximum atomic E-state index is 11.6. The van der Waals surface area contributed by atoms with Crippen molar-refractivity contribution in [3.05, 3.63) is 59.4 Å². The predicted octanol–water partition coefficient (Wildman–Crippen LogP) is 2.55. The monoisotopic (exact) mass is 292 g/mol. The normalized spacial score (nSPS) is 19.9. The Bertz CT molecular complexity index is 872. The molecule has 4 N–H and O–H groups in total. The lowest BCUT2D eigenvalue weighted by Gasteiger charge is -2.22. The average molecular weight is 292 g/mol. The highest BCUT2D eigenvalue weighted by atomic mass is 16.1. The summed E-state index contributed by atoms with van der Waals surface area (Å²) in [6.07, 6.45) is 0.842. The van der Waals surface area contributed by atoms with Crippen molar-refractivity contribution in [2.45, 2.75) is 18.9 Å². The number of aromatic amines is 1. The van der Waals surface area contributed by atoms with Gasteiger partial charge in [-0.15, -0.1) is 0 Å². The van der Waals surface area contributed by atoms with E-state index in [4.69, 9.17) is 5.73 Å². The zero-order valence-corrected chi connectivity index (χ0v) is 12.2. The molecule has 0 spiro atoms. The van der Waals surface area contributed by atoms with Crippen LogP contribution in [0.15, 0.2) is 42.5 Å². The van der Waals surface area contributed by atoms with Gasteiger partial charge in [-0.1, -0.05) is 24.3 Å². The van der Waals surface area contributed by atoms with Crippen LogP contribution in [-0.4, -0.2) is 15.9 Å². The summed E-state index contributed by atoms with van der Waals surface area (Å²) < 4.78 is 0.